The largest absolute Gasteiger partial charge is 0.323 e. The molecule has 0 bridgehead atoms. The van der Waals surface area contributed by atoms with E-state index in [0.29, 0.717) is 22.4 Å². The molecule has 2 N–H and O–H groups in total. The highest BCUT2D eigenvalue weighted by atomic mass is 35.5. The van der Waals surface area contributed by atoms with Gasteiger partial charge in [0.25, 0.3) is 5.91 Å². The Labute approximate surface area is 157 Å². The van der Waals surface area contributed by atoms with Crippen molar-refractivity contribution in [3.63, 3.8) is 0 Å². The summed E-state index contributed by atoms with van der Waals surface area (Å²) in [6.07, 6.45) is 0. The number of halogens is 1. The first-order valence-corrected chi connectivity index (χ1v) is 8.56. The zero-order chi connectivity index (χ0) is 18.7. The van der Waals surface area contributed by atoms with Crippen molar-refractivity contribution in [1.29, 1.82) is 0 Å². The molecule has 1 aromatic heterocycles. The van der Waals surface area contributed by atoms with Crippen LogP contribution in [0.5, 0.6) is 0 Å². The fourth-order valence-corrected chi connectivity index (χ4v) is 2.75. The van der Waals surface area contributed by atoms with E-state index < -0.39 is 0 Å². The molecule has 0 aliphatic carbocycles. The number of amides is 1. The second-order valence-electron chi connectivity index (χ2n) is 6.10. The van der Waals surface area contributed by atoms with Gasteiger partial charge >= 0.3 is 0 Å². The molecule has 3 aromatic rings. The highest BCUT2D eigenvalue weighted by Gasteiger charge is 2.13. The highest BCUT2D eigenvalue weighted by molar-refractivity contribution is 6.33. The van der Waals surface area contributed by atoms with Crippen molar-refractivity contribution in [3.05, 3.63) is 76.1 Å². The molecule has 0 saturated carbocycles. The molecule has 0 atom stereocenters. The van der Waals surface area contributed by atoms with Gasteiger partial charge in [-0.15, -0.1) is 0 Å². The lowest BCUT2D eigenvalue weighted by molar-refractivity contribution is 0.102. The number of aryl methyl sites for hydroxylation is 3. The zero-order valence-corrected chi connectivity index (χ0v) is 15.6. The molecule has 0 fully saturated rings. The molecule has 6 heteroatoms. The summed E-state index contributed by atoms with van der Waals surface area (Å²) in [5, 5.41) is 6.51. The van der Waals surface area contributed by atoms with Crippen molar-refractivity contribution < 1.29 is 4.79 Å². The van der Waals surface area contributed by atoms with Crippen LogP contribution in [0.2, 0.25) is 5.02 Å². The molecule has 0 saturated heterocycles. The van der Waals surface area contributed by atoms with Crippen LogP contribution in [0.3, 0.4) is 0 Å². The maximum Gasteiger partial charge on any atom is 0.274 e. The van der Waals surface area contributed by atoms with E-state index in [2.05, 4.69) is 20.6 Å². The van der Waals surface area contributed by atoms with Crippen molar-refractivity contribution >= 4 is 34.8 Å². The van der Waals surface area contributed by atoms with Crippen molar-refractivity contribution in [1.82, 2.24) is 9.97 Å². The van der Waals surface area contributed by atoms with Gasteiger partial charge in [-0.2, -0.15) is 0 Å². The van der Waals surface area contributed by atoms with Crippen LogP contribution in [0.25, 0.3) is 0 Å². The summed E-state index contributed by atoms with van der Waals surface area (Å²) < 4.78 is 0. The van der Waals surface area contributed by atoms with Gasteiger partial charge in [0.2, 0.25) is 5.95 Å². The molecule has 0 aliphatic rings. The van der Waals surface area contributed by atoms with Crippen LogP contribution in [0, 0.1) is 20.8 Å². The van der Waals surface area contributed by atoms with Gasteiger partial charge in [0, 0.05) is 11.4 Å². The summed E-state index contributed by atoms with van der Waals surface area (Å²) in [4.78, 5) is 21.3. The van der Waals surface area contributed by atoms with Gasteiger partial charge in [-0.3, -0.25) is 4.79 Å². The summed E-state index contributed by atoms with van der Waals surface area (Å²) >= 11 is 6.16. The summed E-state index contributed by atoms with van der Waals surface area (Å²) in [6.45, 7) is 5.78. The number of carbonyl (C=O) groups excluding carboxylic acids is 1. The van der Waals surface area contributed by atoms with Gasteiger partial charge in [0.15, 0.2) is 0 Å². The third kappa shape index (κ3) is 4.18. The van der Waals surface area contributed by atoms with E-state index in [-0.39, 0.29) is 11.6 Å². The molecule has 132 valence electrons. The Morgan fingerprint density at radius 3 is 2.46 bits per heavy atom. The van der Waals surface area contributed by atoms with Crippen molar-refractivity contribution in [2.24, 2.45) is 0 Å². The lowest BCUT2D eigenvalue weighted by atomic mass is 10.1. The Hall–Kier alpha value is -2.92. The SMILES string of the molecule is Cc1ccc(NC(=O)c2cc(C)nc(Nc3ccccc3Cl)n2)c(C)c1. The summed E-state index contributed by atoms with van der Waals surface area (Å²) in [5.41, 5.74) is 4.55. The van der Waals surface area contributed by atoms with Crippen molar-refractivity contribution in [2.45, 2.75) is 20.8 Å². The monoisotopic (exact) mass is 366 g/mol. The van der Waals surface area contributed by atoms with Gasteiger partial charge < -0.3 is 10.6 Å². The Bertz CT molecular complexity index is 972. The predicted octanol–water partition coefficient (Wildman–Crippen LogP) is 5.05. The molecule has 26 heavy (non-hydrogen) atoms. The Morgan fingerprint density at radius 1 is 0.962 bits per heavy atom. The fourth-order valence-electron chi connectivity index (χ4n) is 2.56. The van der Waals surface area contributed by atoms with E-state index >= 15 is 0 Å². The number of nitrogens with one attached hydrogen (secondary N) is 2. The van der Waals surface area contributed by atoms with E-state index in [9.17, 15) is 4.79 Å². The number of hydrogen-bond donors (Lipinski definition) is 2. The van der Waals surface area contributed by atoms with E-state index in [4.69, 9.17) is 11.6 Å². The minimum absolute atomic E-state index is 0.284. The van der Waals surface area contributed by atoms with Crippen LogP contribution in [0.4, 0.5) is 17.3 Å². The topological polar surface area (TPSA) is 66.9 Å². The van der Waals surface area contributed by atoms with Crippen molar-refractivity contribution in [3.8, 4) is 0 Å². The van der Waals surface area contributed by atoms with Gasteiger partial charge in [-0.1, -0.05) is 41.4 Å². The third-order valence-corrected chi connectivity index (χ3v) is 4.17. The van der Waals surface area contributed by atoms with Gasteiger partial charge in [0.1, 0.15) is 5.69 Å². The zero-order valence-electron chi connectivity index (χ0n) is 14.8. The van der Waals surface area contributed by atoms with Gasteiger partial charge in [-0.05, 0) is 50.6 Å². The molecular weight excluding hydrogens is 348 g/mol. The first-order chi connectivity index (χ1) is 12.4. The molecule has 2 aromatic carbocycles. The maximum absolute atomic E-state index is 12.6. The smallest absolute Gasteiger partial charge is 0.274 e. The van der Waals surface area contributed by atoms with Gasteiger partial charge in [-0.25, -0.2) is 9.97 Å². The number of anilines is 3. The van der Waals surface area contributed by atoms with E-state index in [1.807, 2.05) is 57.2 Å². The molecule has 0 radical (unpaired) electrons. The number of hydrogen-bond acceptors (Lipinski definition) is 4. The number of nitrogens with zero attached hydrogens (tertiary/aromatic N) is 2. The van der Waals surface area contributed by atoms with Crippen LogP contribution >= 0.6 is 11.6 Å². The summed E-state index contributed by atoms with van der Waals surface area (Å²) in [6, 6.07) is 14.8. The normalized spacial score (nSPS) is 10.5. The van der Waals surface area contributed by atoms with Gasteiger partial charge in [0.05, 0.1) is 10.7 Å². The van der Waals surface area contributed by atoms with Crippen LogP contribution in [-0.2, 0) is 0 Å². The minimum atomic E-state index is -0.287. The van der Waals surface area contributed by atoms with Crippen molar-refractivity contribution in [2.75, 3.05) is 10.6 Å². The average Bonchev–Trinajstić information content (AvgIpc) is 2.59. The minimum Gasteiger partial charge on any atom is -0.323 e. The molecule has 1 amide bonds. The Morgan fingerprint density at radius 2 is 1.73 bits per heavy atom. The van der Waals surface area contributed by atoms with Crippen LogP contribution in [0.1, 0.15) is 27.3 Å². The molecule has 3 rings (SSSR count). The first-order valence-electron chi connectivity index (χ1n) is 8.18. The summed E-state index contributed by atoms with van der Waals surface area (Å²) in [5.74, 6) is 0.0357. The molecule has 1 heterocycles. The molecule has 5 nitrogen and oxygen atoms in total. The molecule has 0 aliphatic heterocycles. The first kappa shape index (κ1) is 17.9. The third-order valence-electron chi connectivity index (χ3n) is 3.84. The lowest BCUT2D eigenvalue weighted by Crippen LogP contribution is -2.16. The lowest BCUT2D eigenvalue weighted by Gasteiger charge is -2.11. The second kappa shape index (κ2) is 7.54. The standard InChI is InChI=1S/C20H19ClN4O/c1-12-8-9-16(13(2)10-12)23-19(26)18-11-14(3)22-20(25-18)24-17-7-5-4-6-15(17)21/h4-11H,1-3H3,(H,23,26)(H,22,24,25). The predicted molar refractivity (Wildman–Crippen MR) is 105 cm³/mol. The van der Waals surface area contributed by atoms with E-state index in [1.165, 1.54) is 0 Å². The quantitative estimate of drug-likeness (QED) is 0.678. The van der Waals surface area contributed by atoms with Crippen LogP contribution < -0.4 is 10.6 Å². The highest BCUT2D eigenvalue weighted by Crippen LogP contribution is 2.23. The Kier molecular flexibility index (Phi) is 5.19. The molecule has 0 unspecified atom stereocenters. The number of rotatable bonds is 4. The number of benzene rings is 2. The summed E-state index contributed by atoms with van der Waals surface area (Å²) in [7, 11) is 0. The number of para-hydroxylation sites is 1. The van der Waals surface area contributed by atoms with Crippen LogP contribution in [0.15, 0.2) is 48.5 Å². The molecular formula is C20H19ClN4O. The Balaban J connectivity index is 1.85. The average molecular weight is 367 g/mol. The van der Waals surface area contributed by atoms with E-state index in [0.717, 1.165) is 16.8 Å². The van der Waals surface area contributed by atoms with E-state index in [1.54, 1.807) is 12.1 Å². The maximum atomic E-state index is 12.6. The molecule has 0 spiro atoms. The fraction of sp³-hybridized carbons (Fsp3) is 0.150. The number of carbonyl (C=O) groups is 1. The second-order valence-corrected chi connectivity index (χ2v) is 6.50. The van der Waals surface area contributed by atoms with Crippen LogP contribution in [-0.4, -0.2) is 15.9 Å². The number of aromatic nitrogens is 2.